The number of phenolic OH excluding ortho intramolecular Hbond substituents is 2. The van der Waals surface area contributed by atoms with Crippen molar-refractivity contribution in [3.8, 4) is 11.5 Å². The standard InChI is InChI=1S/C18H29NO.C15H23NO.CH3.Zr/c1-12(2)8-14-9-15(11-19-13(3)4)17(20)16(10-14)18(5,6)7;1-5-6-16-10-14-9-12(4)8-13(15(14)17)7-11(2)3;;/h9-13,20H,8H2,1-7H3;8-11,17H,5-7H2,1-4H3;1H3;/q;;-1;. The second-order valence-corrected chi connectivity index (χ2v) is 12.3. The Hall–Kier alpha value is -1.74. The van der Waals surface area contributed by atoms with Crippen LogP contribution < -0.4 is 0 Å². The molecule has 2 aromatic rings. The van der Waals surface area contributed by atoms with Crippen LogP contribution in [0.25, 0.3) is 0 Å². The van der Waals surface area contributed by atoms with Crippen molar-refractivity contribution in [2.45, 2.75) is 107 Å². The van der Waals surface area contributed by atoms with E-state index in [1.807, 2.05) is 19.9 Å². The van der Waals surface area contributed by atoms with Crippen molar-refractivity contribution in [1.29, 1.82) is 0 Å². The van der Waals surface area contributed by atoms with Gasteiger partial charge in [-0.15, -0.1) is 0 Å². The molecular weight excluding hydrogens is 560 g/mol. The molecule has 0 bridgehead atoms. The third-order valence-electron chi connectivity index (χ3n) is 5.74. The Morgan fingerprint density at radius 1 is 0.821 bits per heavy atom. The topological polar surface area (TPSA) is 65.2 Å². The van der Waals surface area contributed by atoms with Crippen LogP contribution in [0.15, 0.2) is 34.3 Å². The fraction of sp³-hybridized carbons (Fsp3) is 0.559. The van der Waals surface area contributed by atoms with Crippen LogP contribution in [0.4, 0.5) is 0 Å². The molecule has 39 heavy (non-hydrogen) atoms. The van der Waals surface area contributed by atoms with Gasteiger partial charge in [-0.3, -0.25) is 9.98 Å². The molecule has 0 atom stereocenters. The van der Waals surface area contributed by atoms with Gasteiger partial charge in [0.05, 0.1) is 0 Å². The summed E-state index contributed by atoms with van der Waals surface area (Å²) < 4.78 is 0. The van der Waals surface area contributed by atoms with Crippen molar-refractivity contribution >= 4 is 12.4 Å². The van der Waals surface area contributed by atoms with E-state index in [1.54, 1.807) is 12.4 Å². The first kappa shape index (κ1) is 39.4. The van der Waals surface area contributed by atoms with Crippen molar-refractivity contribution in [1.82, 2.24) is 0 Å². The van der Waals surface area contributed by atoms with E-state index in [-0.39, 0.29) is 45.1 Å². The third kappa shape index (κ3) is 14.5. The molecule has 2 N–H and O–H groups in total. The summed E-state index contributed by atoms with van der Waals surface area (Å²) in [6, 6.07) is 8.49. The minimum Gasteiger partial charge on any atom is -0.507 e. The Bertz CT molecular complexity index is 1050. The number of aryl methyl sites for hydroxylation is 1. The van der Waals surface area contributed by atoms with Crippen molar-refractivity contribution in [3.05, 3.63) is 65.1 Å². The molecule has 0 aliphatic carbocycles. The van der Waals surface area contributed by atoms with Crippen LogP contribution in [0, 0.1) is 26.2 Å². The molecule has 0 saturated heterocycles. The Kier molecular flexibility index (Phi) is 18.8. The van der Waals surface area contributed by atoms with Gasteiger partial charge in [0.25, 0.3) is 0 Å². The minimum absolute atomic E-state index is 0. The molecule has 0 aliphatic rings. The van der Waals surface area contributed by atoms with E-state index in [0.29, 0.717) is 23.3 Å². The van der Waals surface area contributed by atoms with Crippen molar-refractivity contribution in [2.24, 2.45) is 21.8 Å². The molecule has 2 rings (SSSR count). The Labute approximate surface area is 259 Å². The smallest absolute Gasteiger partial charge is 0.128 e. The second-order valence-electron chi connectivity index (χ2n) is 12.3. The maximum Gasteiger partial charge on any atom is 0.128 e. The molecule has 4 nitrogen and oxygen atoms in total. The van der Waals surface area contributed by atoms with Gasteiger partial charge in [-0.2, -0.15) is 0 Å². The molecule has 0 unspecified atom stereocenters. The van der Waals surface area contributed by atoms with E-state index < -0.39 is 0 Å². The van der Waals surface area contributed by atoms with Gasteiger partial charge in [0, 0.05) is 67.9 Å². The van der Waals surface area contributed by atoms with Gasteiger partial charge < -0.3 is 17.6 Å². The van der Waals surface area contributed by atoms with E-state index >= 15 is 0 Å². The quantitative estimate of drug-likeness (QED) is 0.219. The molecule has 0 spiro atoms. The fourth-order valence-electron chi connectivity index (χ4n) is 4.08. The van der Waals surface area contributed by atoms with Crippen LogP contribution in [0.5, 0.6) is 11.5 Å². The molecule has 0 fully saturated rings. The number of aliphatic imine (C=N–C) groups is 2. The average Bonchev–Trinajstić information content (AvgIpc) is 2.76. The summed E-state index contributed by atoms with van der Waals surface area (Å²) in [4.78, 5) is 8.71. The predicted molar refractivity (Wildman–Crippen MR) is 169 cm³/mol. The van der Waals surface area contributed by atoms with Crippen LogP contribution in [-0.4, -0.2) is 35.2 Å². The molecule has 218 valence electrons. The molecule has 0 heterocycles. The van der Waals surface area contributed by atoms with E-state index in [1.165, 1.54) is 11.1 Å². The summed E-state index contributed by atoms with van der Waals surface area (Å²) in [7, 11) is 0. The molecule has 5 heteroatoms. The SMILES string of the molecule is CC(C)Cc1cc(C=NC(C)C)c(O)c(C(C)(C)C)c1.CCCN=Cc1cc(C)cc(CC(C)C)c1O.[CH3-].[Zr]. The molecule has 0 amide bonds. The predicted octanol–water partition coefficient (Wildman–Crippen LogP) is 8.89. The van der Waals surface area contributed by atoms with E-state index in [4.69, 9.17) is 0 Å². The normalized spacial score (nSPS) is 11.6. The van der Waals surface area contributed by atoms with E-state index in [9.17, 15) is 10.2 Å². The zero-order chi connectivity index (χ0) is 28.3. The minimum atomic E-state index is -0.0719. The van der Waals surface area contributed by atoms with Gasteiger partial charge in [0.1, 0.15) is 11.5 Å². The van der Waals surface area contributed by atoms with Crippen LogP contribution >= 0.6 is 0 Å². The van der Waals surface area contributed by atoms with Crippen LogP contribution in [0.3, 0.4) is 0 Å². The summed E-state index contributed by atoms with van der Waals surface area (Å²) in [5, 5.41) is 20.7. The van der Waals surface area contributed by atoms with Gasteiger partial charge in [0.15, 0.2) is 0 Å². The van der Waals surface area contributed by atoms with Crippen LogP contribution in [-0.2, 0) is 44.5 Å². The van der Waals surface area contributed by atoms with Crippen molar-refractivity contribution in [2.75, 3.05) is 6.54 Å². The monoisotopic (exact) mass is 613 g/mol. The van der Waals surface area contributed by atoms with Crippen molar-refractivity contribution < 1.29 is 36.4 Å². The number of nitrogens with zero attached hydrogens (tertiary/aromatic N) is 2. The molecule has 0 saturated carbocycles. The first-order valence-corrected chi connectivity index (χ1v) is 13.9. The molecule has 0 radical (unpaired) electrons. The maximum atomic E-state index is 10.5. The third-order valence-corrected chi connectivity index (χ3v) is 5.74. The second kappa shape index (κ2) is 18.6. The summed E-state index contributed by atoms with van der Waals surface area (Å²) in [6.45, 7) is 24.2. The molecule has 2 aromatic carbocycles. The number of hydrogen-bond donors (Lipinski definition) is 2. The summed E-state index contributed by atoms with van der Waals surface area (Å²) in [5.41, 5.74) is 6.08. The summed E-state index contributed by atoms with van der Waals surface area (Å²) >= 11 is 0. The maximum absolute atomic E-state index is 10.5. The largest absolute Gasteiger partial charge is 0.507 e. The molecule has 0 aromatic heterocycles. The van der Waals surface area contributed by atoms with Gasteiger partial charge in [0.2, 0.25) is 0 Å². The Morgan fingerprint density at radius 3 is 1.87 bits per heavy atom. The number of benzene rings is 2. The van der Waals surface area contributed by atoms with Gasteiger partial charge in [-0.25, -0.2) is 0 Å². The van der Waals surface area contributed by atoms with E-state index in [0.717, 1.165) is 48.1 Å². The van der Waals surface area contributed by atoms with E-state index in [2.05, 4.69) is 90.5 Å². The zero-order valence-corrected chi connectivity index (χ0v) is 29.3. The molecule has 0 aliphatic heterocycles. The number of phenols is 2. The van der Waals surface area contributed by atoms with Gasteiger partial charge >= 0.3 is 0 Å². The average molecular weight is 615 g/mol. The zero-order valence-electron chi connectivity index (χ0n) is 26.8. The Balaban J connectivity index is 0. The molecular formula is C34H55N2O2Zr-. The number of aromatic hydroxyl groups is 2. The fourth-order valence-corrected chi connectivity index (χ4v) is 4.08. The Morgan fingerprint density at radius 2 is 1.38 bits per heavy atom. The van der Waals surface area contributed by atoms with Crippen LogP contribution in [0.2, 0.25) is 0 Å². The van der Waals surface area contributed by atoms with Crippen LogP contribution in [0.1, 0.15) is 109 Å². The first-order valence-electron chi connectivity index (χ1n) is 13.9. The summed E-state index contributed by atoms with van der Waals surface area (Å²) in [6.07, 6.45) is 6.55. The van der Waals surface area contributed by atoms with Gasteiger partial charge in [-0.05, 0) is 86.1 Å². The van der Waals surface area contributed by atoms with Crippen molar-refractivity contribution in [3.63, 3.8) is 0 Å². The number of rotatable bonds is 9. The van der Waals surface area contributed by atoms with Gasteiger partial charge in [-0.1, -0.05) is 67.5 Å². The number of hydrogen-bond acceptors (Lipinski definition) is 4. The summed E-state index contributed by atoms with van der Waals surface area (Å²) in [5.74, 6) is 1.91. The first-order chi connectivity index (χ1) is 17.1.